The summed E-state index contributed by atoms with van der Waals surface area (Å²) in [6.45, 7) is 8.96. The highest BCUT2D eigenvalue weighted by Crippen LogP contribution is 2.19. The number of rotatable bonds is 6. The fourth-order valence-electron chi connectivity index (χ4n) is 1.24. The maximum absolute atomic E-state index is 6.09. The first kappa shape index (κ1) is 14.3. The molecule has 1 aromatic rings. The lowest BCUT2D eigenvalue weighted by atomic mass is 10.3. The lowest BCUT2D eigenvalue weighted by molar-refractivity contribution is 0.208. The van der Waals surface area contributed by atoms with E-state index >= 15 is 0 Å². The van der Waals surface area contributed by atoms with Gasteiger partial charge in [0.05, 0.1) is 16.8 Å². The first-order chi connectivity index (χ1) is 8.02. The molecule has 0 saturated carbocycles. The molecule has 0 aliphatic carbocycles. The highest BCUT2D eigenvalue weighted by atomic mass is 35.5. The molecule has 0 aromatic carbocycles. The van der Waals surface area contributed by atoms with Gasteiger partial charge in [0, 0.05) is 18.7 Å². The summed E-state index contributed by atoms with van der Waals surface area (Å²) in [4.78, 5) is 4.42. The van der Waals surface area contributed by atoms with E-state index in [1.165, 1.54) is 0 Å². The zero-order chi connectivity index (χ0) is 12.8. The molecule has 0 aliphatic heterocycles. The van der Waals surface area contributed by atoms with Crippen molar-refractivity contribution in [1.82, 2.24) is 10.3 Å². The summed E-state index contributed by atoms with van der Waals surface area (Å²) in [5.41, 5.74) is 0.834. The number of hydrogen-bond donors (Lipinski definition) is 1. The summed E-state index contributed by atoms with van der Waals surface area (Å²) in [7, 11) is 0. The quantitative estimate of drug-likeness (QED) is 0.847. The summed E-state index contributed by atoms with van der Waals surface area (Å²) >= 11 is 6.09. The first-order valence-electron chi connectivity index (χ1n) is 6.08. The van der Waals surface area contributed by atoms with E-state index in [0.29, 0.717) is 23.5 Å². The Bertz CT molecular complexity index is 355. The molecular weight excluding hydrogens is 236 g/mol. The Balaban J connectivity index is 2.72. The molecule has 0 aliphatic rings. The standard InChI is InChI=1S/C13H21ClN2O/c1-5-10(4)17-13-7-6-11(14)12(16-13)8-15-9(2)3/h6-7,9-10,15H,5,8H2,1-4H3. The van der Waals surface area contributed by atoms with E-state index in [0.717, 1.165) is 12.1 Å². The summed E-state index contributed by atoms with van der Waals surface area (Å²) in [6.07, 6.45) is 1.14. The van der Waals surface area contributed by atoms with Crippen molar-refractivity contribution in [3.63, 3.8) is 0 Å². The predicted octanol–water partition coefficient (Wildman–Crippen LogP) is 3.41. The van der Waals surface area contributed by atoms with E-state index in [4.69, 9.17) is 16.3 Å². The van der Waals surface area contributed by atoms with Crippen molar-refractivity contribution in [3.05, 3.63) is 22.8 Å². The second-order valence-electron chi connectivity index (χ2n) is 4.45. The Hall–Kier alpha value is -0.800. The molecule has 0 bridgehead atoms. The highest BCUT2D eigenvalue weighted by molar-refractivity contribution is 6.31. The normalized spacial score (nSPS) is 12.8. The number of hydrogen-bond acceptors (Lipinski definition) is 3. The maximum Gasteiger partial charge on any atom is 0.213 e. The minimum atomic E-state index is 0.176. The van der Waals surface area contributed by atoms with Crippen molar-refractivity contribution in [2.75, 3.05) is 0 Å². The molecule has 4 heteroatoms. The molecule has 1 N–H and O–H groups in total. The molecule has 1 heterocycles. The van der Waals surface area contributed by atoms with E-state index in [2.05, 4.69) is 31.1 Å². The van der Waals surface area contributed by atoms with Crippen LogP contribution in [0.2, 0.25) is 5.02 Å². The van der Waals surface area contributed by atoms with E-state index in [9.17, 15) is 0 Å². The molecule has 1 rings (SSSR count). The third-order valence-electron chi connectivity index (χ3n) is 2.47. The number of nitrogens with zero attached hydrogens (tertiary/aromatic N) is 1. The first-order valence-corrected chi connectivity index (χ1v) is 6.46. The van der Waals surface area contributed by atoms with Crippen molar-refractivity contribution >= 4 is 11.6 Å². The van der Waals surface area contributed by atoms with Gasteiger partial charge in [-0.25, -0.2) is 4.98 Å². The van der Waals surface area contributed by atoms with Gasteiger partial charge >= 0.3 is 0 Å². The minimum Gasteiger partial charge on any atom is -0.475 e. The van der Waals surface area contributed by atoms with Crippen molar-refractivity contribution in [3.8, 4) is 5.88 Å². The maximum atomic E-state index is 6.09. The molecule has 0 fully saturated rings. The Kier molecular flexibility index (Phi) is 5.72. The SMILES string of the molecule is CCC(C)Oc1ccc(Cl)c(CNC(C)C)n1. The van der Waals surface area contributed by atoms with Crippen LogP contribution in [0.25, 0.3) is 0 Å². The van der Waals surface area contributed by atoms with Gasteiger partial charge in [0.25, 0.3) is 0 Å². The summed E-state index contributed by atoms with van der Waals surface area (Å²) in [5, 5.41) is 3.97. The molecule has 17 heavy (non-hydrogen) atoms. The van der Waals surface area contributed by atoms with Crippen LogP contribution in [0.5, 0.6) is 5.88 Å². The van der Waals surface area contributed by atoms with Crippen LogP contribution >= 0.6 is 11.6 Å². The molecular formula is C13H21ClN2O. The van der Waals surface area contributed by atoms with Gasteiger partial charge in [-0.05, 0) is 19.4 Å². The zero-order valence-electron chi connectivity index (χ0n) is 11.0. The summed E-state index contributed by atoms with van der Waals surface area (Å²) in [5.74, 6) is 0.643. The second kappa shape index (κ2) is 6.82. The third kappa shape index (κ3) is 4.92. The Morgan fingerprint density at radius 1 is 1.35 bits per heavy atom. The second-order valence-corrected chi connectivity index (χ2v) is 4.86. The molecule has 0 amide bonds. The smallest absolute Gasteiger partial charge is 0.213 e. The number of nitrogens with one attached hydrogen (secondary N) is 1. The van der Waals surface area contributed by atoms with Crippen LogP contribution in [-0.4, -0.2) is 17.1 Å². The fraction of sp³-hybridized carbons (Fsp3) is 0.615. The van der Waals surface area contributed by atoms with Crippen LogP contribution in [0.15, 0.2) is 12.1 Å². The third-order valence-corrected chi connectivity index (χ3v) is 2.81. The van der Waals surface area contributed by atoms with E-state index in [-0.39, 0.29) is 6.10 Å². The molecule has 0 radical (unpaired) electrons. The molecule has 96 valence electrons. The predicted molar refractivity (Wildman–Crippen MR) is 71.6 cm³/mol. The molecule has 1 atom stereocenters. The zero-order valence-corrected chi connectivity index (χ0v) is 11.7. The average molecular weight is 257 g/mol. The molecule has 1 aromatic heterocycles. The molecule has 0 saturated heterocycles. The topological polar surface area (TPSA) is 34.1 Å². The van der Waals surface area contributed by atoms with Crippen molar-refractivity contribution in [2.45, 2.75) is 52.8 Å². The molecule has 0 spiro atoms. The molecule has 3 nitrogen and oxygen atoms in total. The van der Waals surface area contributed by atoms with Crippen LogP contribution in [0.1, 0.15) is 39.8 Å². The highest BCUT2D eigenvalue weighted by Gasteiger charge is 2.07. The van der Waals surface area contributed by atoms with Gasteiger partial charge in [0.15, 0.2) is 0 Å². The Labute approximate surface area is 109 Å². The number of aromatic nitrogens is 1. The van der Waals surface area contributed by atoms with Gasteiger partial charge in [-0.2, -0.15) is 0 Å². The van der Waals surface area contributed by atoms with Crippen molar-refractivity contribution in [2.24, 2.45) is 0 Å². The van der Waals surface area contributed by atoms with Crippen molar-refractivity contribution < 1.29 is 4.74 Å². The Morgan fingerprint density at radius 3 is 2.65 bits per heavy atom. The number of pyridine rings is 1. The summed E-state index contributed by atoms with van der Waals surface area (Å²) < 4.78 is 5.67. The lowest BCUT2D eigenvalue weighted by Gasteiger charge is -2.14. The van der Waals surface area contributed by atoms with Crippen LogP contribution in [0.3, 0.4) is 0 Å². The van der Waals surface area contributed by atoms with Gasteiger partial charge in [0.2, 0.25) is 5.88 Å². The number of ether oxygens (including phenoxy) is 1. The number of halogens is 1. The largest absolute Gasteiger partial charge is 0.475 e. The van der Waals surface area contributed by atoms with Gasteiger partial charge in [0.1, 0.15) is 0 Å². The van der Waals surface area contributed by atoms with Crippen LogP contribution in [0.4, 0.5) is 0 Å². The van der Waals surface area contributed by atoms with Crippen LogP contribution in [0, 0.1) is 0 Å². The summed E-state index contributed by atoms with van der Waals surface area (Å²) in [6, 6.07) is 4.06. The fourth-order valence-corrected chi connectivity index (χ4v) is 1.42. The van der Waals surface area contributed by atoms with E-state index in [1.807, 2.05) is 19.1 Å². The Morgan fingerprint density at radius 2 is 2.06 bits per heavy atom. The van der Waals surface area contributed by atoms with E-state index < -0.39 is 0 Å². The van der Waals surface area contributed by atoms with E-state index in [1.54, 1.807) is 0 Å². The average Bonchev–Trinajstić information content (AvgIpc) is 2.29. The van der Waals surface area contributed by atoms with Gasteiger partial charge in [-0.15, -0.1) is 0 Å². The van der Waals surface area contributed by atoms with Crippen molar-refractivity contribution in [1.29, 1.82) is 0 Å². The van der Waals surface area contributed by atoms with Gasteiger partial charge in [-0.3, -0.25) is 0 Å². The molecule has 1 unspecified atom stereocenters. The minimum absolute atomic E-state index is 0.176. The lowest BCUT2D eigenvalue weighted by Crippen LogP contribution is -2.23. The van der Waals surface area contributed by atoms with Crippen LogP contribution < -0.4 is 10.1 Å². The van der Waals surface area contributed by atoms with Crippen LogP contribution in [-0.2, 0) is 6.54 Å². The monoisotopic (exact) mass is 256 g/mol. The van der Waals surface area contributed by atoms with Gasteiger partial charge < -0.3 is 10.1 Å². The van der Waals surface area contributed by atoms with Gasteiger partial charge in [-0.1, -0.05) is 32.4 Å².